The Morgan fingerprint density at radius 1 is 1.19 bits per heavy atom. The van der Waals surface area contributed by atoms with Gasteiger partial charge in [0.2, 0.25) is 5.91 Å². The van der Waals surface area contributed by atoms with Crippen LogP contribution < -0.4 is 19.7 Å². The molecule has 0 bridgehead atoms. The maximum absolute atomic E-state index is 12.1. The third-order valence-electron chi connectivity index (χ3n) is 3.88. The number of carbonyl (C=O) groups is 2. The molecule has 0 unspecified atom stereocenters. The first-order valence-electron chi connectivity index (χ1n) is 8.31. The second-order valence-corrected chi connectivity index (χ2v) is 6.14. The van der Waals surface area contributed by atoms with E-state index in [9.17, 15) is 9.59 Å². The van der Waals surface area contributed by atoms with E-state index in [1.807, 2.05) is 24.3 Å². The molecule has 0 saturated heterocycles. The minimum atomic E-state index is -0.150. The smallest absolute Gasteiger partial charge is 0.265 e. The number of fused-ring (bicyclic) bond motifs is 1. The summed E-state index contributed by atoms with van der Waals surface area (Å²) in [5.41, 5.74) is 0.697. The molecule has 2 amide bonds. The first-order chi connectivity index (χ1) is 12.6. The summed E-state index contributed by atoms with van der Waals surface area (Å²) in [6.07, 6.45) is 0.209. The Labute approximate surface area is 156 Å². The van der Waals surface area contributed by atoms with Crippen LogP contribution in [0.15, 0.2) is 48.5 Å². The average Bonchev–Trinajstić information content (AvgIpc) is 2.66. The molecule has 1 aliphatic rings. The molecule has 7 heteroatoms. The van der Waals surface area contributed by atoms with Crippen molar-refractivity contribution in [3.05, 3.63) is 53.6 Å². The zero-order valence-corrected chi connectivity index (χ0v) is 14.9. The first kappa shape index (κ1) is 18.1. The predicted octanol–water partition coefficient (Wildman–Crippen LogP) is 2.65. The highest BCUT2D eigenvalue weighted by molar-refractivity contribution is 6.30. The minimum absolute atomic E-state index is 0.00638. The molecular weight excluding hydrogens is 356 g/mol. The second-order valence-electron chi connectivity index (χ2n) is 5.70. The molecule has 0 atom stereocenters. The third-order valence-corrected chi connectivity index (χ3v) is 4.13. The van der Waals surface area contributed by atoms with E-state index in [4.69, 9.17) is 21.1 Å². The highest BCUT2D eigenvalue weighted by Crippen LogP contribution is 2.31. The Morgan fingerprint density at radius 2 is 1.96 bits per heavy atom. The molecule has 0 fully saturated rings. The monoisotopic (exact) mass is 374 g/mol. The van der Waals surface area contributed by atoms with Crippen molar-refractivity contribution in [2.45, 2.75) is 6.42 Å². The van der Waals surface area contributed by atoms with Gasteiger partial charge in [-0.05, 0) is 36.4 Å². The van der Waals surface area contributed by atoms with Crippen molar-refractivity contribution in [3.63, 3.8) is 0 Å². The first-order valence-corrected chi connectivity index (χ1v) is 8.68. The van der Waals surface area contributed by atoms with Crippen molar-refractivity contribution in [2.24, 2.45) is 0 Å². The lowest BCUT2D eigenvalue weighted by Crippen LogP contribution is -2.41. The molecule has 1 N–H and O–H groups in total. The van der Waals surface area contributed by atoms with Gasteiger partial charge in [-0.15, -0.1) is 0 Å². The summed E-state index contributed by atoms with van der Waals surface area (Å²) >= 11 is 5.81. The lowest BCUT2D eigenvalue weighted by Gasteiger charge is -2.29. The van der Waals surface area contributed by atoms with Crippen LogP contribution in [0.3, 0.4) is 0 Å². The number of benzene rings is 2. The quantitative estimate of drug-likeness (QED) is 0.756. The molecule has 0 spiro atoms. The number of rotatable bonds is 7. The number of amides is 2. The summed E-state index contributed by atoms with van der Waals surface area (Å²) < 4.78 is 10.9. The third kappa shape index (κ3) is 4.67. The largest absolute Gasteiger partial charge is 0.492 e. The van der Waals surface area contributed by atoms with Crippen LogP contribution in [0.4, 0.5) is 5.69 Å². The van der Waals surface area contributed by atoms with Crippen molar-refractivity contribution in [3.8, 4) is 11.5 Å². The van der Waals surface area contributed by atoms with Crippen LogP contribution in [-0.4, -0.2) is 38.1 Å². The fourth-order valence-corrected chi connectivity index (χ4v) is 2.72. The van der Waals surface area contributed by atoms with E-state index in [0.29, 0.717) is 41.9 Å². The van der Waals surface area contributed by atoms with Gasteiger partial charge in [-0.25, -0.2) is 0 Å². The molecule has 0 aliphatic carbocycles. The Kier molecular flexibility index (Phi) is 5.96. The van der Waals surface area contributed by atoms with E-state index in [1.165, 1.54) is 0 Å². The molecule has 0 radical (unpaired) electrons. The van der Waals surface area contributed by atoms with E-state index in [1.54, 1.807) is 29.2 Å². The molecule has 1 aliphatic heterocycles. The molecule has 26 heavy (non-hydrogen) atoms. The summed E-state index contributed by atoms with van der Waals surface area (Å²) in [5.74, 6) is 1.06. The Balaban J connectivity index is 1.41. The molecule has 0 aromatic heterocycles. The molecule has 6 nitrogen and oxygen atoms in total. The molecule has 0 saturated carbocycles. The SMILES string of the molecule is O=C(CCN1C(=O)COc2ccccc21)NCCOc1ccc(Cl)cc1. The van der Waals surface area contributed by atoms with E-state index in [0.717, 1.165) is 0 Å². The van der Waals surface area contributed by atoms with Gasteiger partial charge < -0.3 is 19.7 Å². The van der Waals surface area contributed by atoms with Gasteiger partial charge in [-0.1, -0.05) is 23.7 Å². The van der Waals surface area contributed by atoms with Crippen LogP contribution in [0.5, 0.6) is 11.5 Å². The maximum atomic E-state index is 12.1. The maximum Gasteiger partial charge on any atom is 0.265 e. The van der Waals surface area contributed by atoms with Crippen molar-refractivity contribution in [1.82, 2.24) is 5.32 Å². The molecule has 2 aromatic rings. The van der Waals surface area contributed by atoms with Crippen molar-refractivity contribution < 1.29 is 19.1 Å². The van der Waals surface area contributed by atoms with Crippen molar-refractivity contribution >= 4 is 29.1 Å². The summed E-state index contributed by atoms with van der Waals surface area (Å²) in [5, 5.41) is 3.43. The van der Waals surface area contributed by atoms with Gasteiger partial charge in [0.25, 0.3) is 5.91 Å². The van der Waals surface area contributed by atoms with E-state index in [2.05, 4.69) is 5.32 Å². The highest BCUT2D eigenvalue weighted by Gasteiger charge is 2.25. The standard InChI is InChI=1S/C19H19ClN2O4/c20-14-5-7-15(8-6-14)25-12-10-21-18(23)9-11-22-16-3-1-2-4-17(16)26-13-19(22)24/h1-8H,9-13H2,(H,21,23). The number of nitrogens with zero attached hydrogens (tertiary/aromatic N) is 1. The van der Waals surface area contributed by atoms with Gasteiger partial charge in [0.1, 0.15) is 18.1 Å². The van der Waals surface area contributed by atoms with Crippen LogP contribution in [0.1, 0.15) is 6.42 Å². The van der Waals surface area contributed by atoms with Gasteiger partial charge in [0.15, 0.2) is 6.61 Å². The topological polar surface area (TPSA) is 67.9 Å². The fourth-order valence-electron chi connectivity index (χ4n) is 2.59. The van der Waals surface area contributed by atoms with Crippen molar-refractivity contribution in [1.29, 1.82) is 0 Å². The molecule has 2 aromatic carbocycles. The summed E-state index contributed by atoms with van der Waals surface area (Å²) in [6, 6.07) is 14.3. The summed E-state index contributed by atoms with van der Waals surface area (Å²) in [4.78, 5) is 25.6. The van der Waals surface area contributed by atoms with Crippen molar-refractivity contribution in [2.75, 3.05) is 31.2 Å². The number of para-hydroxylation sites is 2. The predicted molar refractivity (Wildman–Crippen MR) is 98.9 cm³/mol. The summed E-state index contributed by atoms with van der Waals surface area (Å²) in [6.45, 7) is 1.04. The number of carbonyl (C=O) groups excluding carboxylic acids is 2. The number of ether oxygens (including phenoxy) is 2. The molecule has 3 rings (SSSR count). The molecule has 136 valence electrons. The van der Waals surface area contributed by atoms with Gasteiger partial charge in [0, 0.05) is 18.0 Å². The Hall–Kier alpha value is -2.73. The van der Waals surface area contributed by atoms with Gasteiger partial charge >= 0.3 is 0 Å². The van der Waals surface area contributed by atoms with Gasteiger partial charge in [-0.2, -0.15) is 0 Å². The summed E-state index contributed by atoms with van der Waals surface area (Å²) in [7, 11) is 0. The number of nitrogens with one attached hydrogen (secondary N) is 1. The Bertz CT molecular complexity index is 779. The van der Waals surface area contributed by atoms with Crippen LogP contribution in [0.2, 0.25) is 5.02 Å². The lowest BCUT2D eigenvalue weighted by atomic mass is 10.2. The van der Waals surface area contributed by atoms with E-state index in [-0.39, 0.29) is 24.8 Å². The van der Waals surface area contributed by atoms with Crippen LogP contribution in [0, 0.1) is 0 Å². The number of hydrogen-bond donors (Lipinski definition) is 1. The average molecular weight is 375 g/mol. The highest BCUT2D eigenvalue weighted by atomic mass is 35.5. The molecular formula is C19H19ClN2O4. The number of hydrogen-bond acceptors (Lipinski definition) is 4. The van der Waals surface area contributed by atoms with Crippen LogP contribution in [-0.2, 0) is 9.59 Å². The normalized spacial score (nSPS) is 13.0. The minimum Gasteiger partial charge on any atom is -0.492 e. The van der Waals surface area contributed by atoms with Crippen LogP contribution >= 0.6 is 11.6 Å². The van der Waals surface area contributed by atoms with Gasteiger partial charge in [0.05, 0.1) is 12.2 Å². The van der Waals surface area contributed by atoms with Crippen LogP contribution in [0.25, 0.3) is 0 Å². The number of halogens is 1. The fraction of sp³-hybridized carbons (Fsp3) is 0.263. The zero-order chi connectivity index (χ0) is 18.4. The second kappa shape index (κ2) is 8.58. The molecule has 1 heterocycles. The van der Waals surface area contributed by atoms with E-state index >= 15 is 0 Å². The zero-order valence-electron chi connectivity index (χ0n) is 14.1. The lowest BCUT2D eigenvalue weighted by molar-refractivity contribution is -0.122. The van der Waals surface area contributed by atoms with Gasteiger partial charge in [-0.3, -0.25) is 9.59 Å². The van der Waals surface area contributed by atoms with E-state index < -0.39 is 0 Å². The Morgan fingerprint density at radius 3 is 2.77 bits per heavy atom. The number of anilines is 1.